The van der Waals surface area contributed by atoms with Gasteiger partial charge in [-0.3, -0.25) is 4.79 Å². The molecule has 0 saturated heterocycles. The topological polar surface area (TPSA) is 63.3 Å². The summed E-state index contributed by atoms with van der Waals surface area (Å²) in [6.45, 7) is 3.89. The summed E-state index contributed by atoms with van der Waals surface area (Å²) in [6, 6.07) is -0.690. The molecule has 0 radical (unpaired) electrons. The molecule has 0 heterocycles. The van der Waals surface area contributed by atoms with Crippen molar-refractivity contribution in [2.75, 3.05) is 6.38 Å². The maximum Gasteiger partial charge on any atom is 0.320 e. The summed E-state index contributed by atoms with van der Waals surface area (Å²) in [5, 5.41) is 8.31. The van der Waals surface area contributed by atoms with Crippen molar-refractivity contribution >= 4 is 17.6 Å². The molecule has 0 aliphatic heterocycles. The van der Waals surface area contributed by atoms with Crippen molar-refractivity contribution in [3.8, 4) is 0 Å². The fourth-order valence-corrected chi connectivity index (χ4v) is 0.609. The summed E-state index contributed by atoms with van der Waals surface area (Å²) >= 11 is 4.64. The molecule has 0 aromatic rings. The van der Waals surface area contributed by atoms with Crippen LogP contribution in [0, 0.1) is 5.92 Å². The van der Waals surface area contributed by atoms with Gasteiger partial charge in [0.1, 0.15) is 6.04 Å². The minimum absolute atomic E-state index is 0.357. The Labute approximate surface area is 72.5 Å². The molecular weight excluding hydrogens is 166 g/mol. The van der Waals surface area contributed by atoms with Crippen LogP contribution in [-0.2, 0) is 4.79 Å². The molecule has 0 aromatic heterocycles. The fourth-order valence-electron chi connectivity index (χ4n) is 0.609. The van der Waals surface area contributed by atoms with E-state index in [-0.39, 0.29) is 0 Å². The van der Waals surface area contributed by atoms with Gasteiger partial charge < -0.3 is 10.8 Å². The molecule has 0 bridgehead atoms. The molecule has 0 rings (SSSR count). The van der Waals surface area contributed by atoms with Crippen LogP contribution in [0.25, 0.3) is 0 Å². The quantitative estimate of drug-likeness (QED) is 0.646. The first-order valence-corrected chi connectivity index (χ1v) is 4.15. The van der Waals surface area contributed by atoms with Crippen LogP contribution in [0.3, 0.4) is 0 Å². The van der Waals surface area contributed by atoms with Crippen molar-refractivity contribution < 1.29 is 9.90 Å². The highest BCUT2D eigenvalue weighted by Gasteiger charge is 2.11. The van der Waals surface area contributed by atoms with E-state index in [1.807, 2.05) is 13.8 Å². The highest BCUT2D eigenvalue weighted by molar-refractivity contribution is 6.15. The lowest BCUT2D eigenvalue weighted by molar-refractivity contribution is -0.138. The van der Waals surface area contributed by atoms with Crippen molar-refractivity contribution in [1.29, 1.82) is 0 Å². The fraction of sp³-hybridized carbons (Fsp3) is 0.857. The molecule has 68 valence electrons. The number of alkyl halides is 1. The van der Waals surface area contributed by atoms with Crippen molar-refractivity contribution in [2.45, 2.75) is 26.3 Å². The van der Waals surface area contributed by atoms with Gasteiger partial charge in [-0.1, -0.05) is 13.8 Å². The van der Waals surface area contributed by atoms with E-state index in [0.717, 1.165) is 0 Å². The molecule has 0 aromatic carbocycles. The minimum atomic E-state index is -0.913. The second-order valence-electron chi connectivity index (χ2n) is 2.57. The number of rotatable bonds is 3. The van der Waals surface area contributed by atoms with Crippen LogP contribution in [0.2, 0.25) is 0 Å². The molecular formula is C7H16ClNO2. The first kappa shape index (κ1) is 13.3. The predicted octanol–water partition coefficient (Wildman–Crippen LogP) is 1.30. The Morgan fingerprint density at radius 1 is 1.55 bits per heavy atom. The van der Waals surface area contributed by atoms with Crippen LogP contribution in [-0.4, -0.2) is 23.5 Å². The third kappa shape index (κ3) is 9.72. The van der Waals surface area contributed by atoms with Gasteiger partial charge in [0, 0.05) is 6.38 Å². The summed E-state index contributed by atoms with van der Waals surface area (Å²) in [4.78, 5) is 10.1. The average molecular weight is 182 g/mol. The van der Waals surface area contributed by atoms with Gasteiger partial charge in [-0.15, -0.1) is 11.6 Å². The third-order valence-corrected chi connectivity index (χ3v) is 1.04. The van der Waals surface area contributed by atoms with Gasteiger partial charge in [-0.05, 0) is 12.3 Å². The molecule has 3 nitrogen and oxygen atoms in total. The molecule has 1 atom stereocenters. The average Bonchev–Trinajstić information content (AvgIpc) is 1.90. The predicted molar refractivity (Wildman–Crippen MR) is 46.8 cm³/mol. The summed E-state index contributed by atoms with van der Waals surface area (Å²) < 4.78 is 0. The Hall–Kier alpha value is -0.280. The molecule has 0 aliphatic rings. The molecule has 4 heteroatoms. The van der Waals surface area contributed by atoms with E-state index in [0.29, 0.717) is 12.3 Å². The third-order valence-electron chi connectivity index (χ3n) is 1.04. The molecule has 11 heavy (non-hydrogen) atoms. The maximum atomic E-state index is 10.1. The second kappa shape index (κ2) is 7.82. The number of carbonyl (C=O) groups is 1. The lowest BCUT2D eigenvalue weighted by Crippen LogP contribution is -2.31. The Bertz CT molecular complexity index is 107. The highest BCUT2D eigenvalue weighted by Crippen LogP contribution is 2.01. The van der Waals surface area contributed by atoms with Crippen molar-refractivity contribution in [3.05, 3.63) is 0 Å². The second-order valence-corrected chi connectivity index (χ2v) is 2.57. The Morgan fingerprint density at radius 2 is 1.91 bits per heavy atom. The zero-order valence-electron chi connectivity index (χ0n) is 7.17. The Morgan fingerprint density at radius 3 is 2.00 bits per heavy atom. The van der Waals surface area contributed by atoms with Gasteiger partial charge in [-0.2, -0.15) is 0 Å². The summed E-state index contributed by atoms with van der Waals surface area (Å²) in [5.41, 5.74) is 5.22. The largest absolute Gasteiger partial charge is 0.480 e. The Kier molecular flexibility index (Phi) is 9.47. The standard InChI is InChI=1S/C6H13NO2.CH3Cl/c1-4(2)3-5(7)6(8)9;1-2/h4-5H,3,7H2,1-2H3,(H,8,9);1H3/t5-;/m0./s1. The van der Waals surface area contributed by atoms with Crippen LogP contribution < -0.4 is 5.73 Å². The molecule has 0 saturated carbocycles. The van der Waals surface area contributed by atoms with E-state index in [2.05, 4.69) is 11.6 Å². The normalized spacial score (nSPS) is 11.8. The van der Waals surface area contributed by atoms with Crippen LogP contribution >= 0.6 is 11.6 Å². The monoisotopic (exact) mass is 181 g/mol. The van der Waals surface area contributed by atoms with E-state index >= 15 is 0 Å². The number of nitrogens with two attached hydrogens (primary N) is 1. The number of halogens is 1. The molecule has 0 amide bonds. The number of aliphatic carboxylic acids is 1. The lowest BCUT2D eigenvalue weighted by atomic mass is 10.1. The first-order chi connectivity index (χ1) is 5.04. The smallest absolute Gasteiger partial charge is 0.320 e. The summed E-state index contributed by atoms with van der Waals surface area (Å²) in [6.07, 6.45) is 2.02. The van der Waals surface area contributed by atoms with E-state index < -0.39 is 12.0 Å². The SMILES string of the molecule is CC(C)C[C@H](N)C(=O)O.CCl. The number of hydrogen-bond acceptors (Lipinski definition) is 2. The zero-order chi connectivity index (χ0) is 9.44. The maximum absolute atomic E-state index is 10.1. The minimum Gasteiger partial charge on any atom is -0.480 e. The number of hydrogen-bond donors (Lipinski definition) is 2. The van der Waals surface area contributed by atoms with Gasteiger partial charge in [0.15, 0.2) is 0 Å². The van der Waals surface area contributed by atoms with Gasteiger partial charge >= 0.3 is 5.97 Å². The molecule has 0 aliphatic carbocycles. The lowest BCUT2D eigenvalue weighted by Gasteiger charge is -2.07. The zero-order valence-corrected chi connectivity index (χ0v) is 7.93. The molecule has 0 spiro atoms. The van der Waals surface area contributed by atoms with Crippen LogP contribution in [0.5, 0.6) is 0 Å². The molecule has 0 fully saturated rings. The molecule has 0 unspecified atom stereocenters. The van der Waals surface area contributed by atoms with E-state index in [4.69, 9.17) is 10.8 Å². The van der Waals surface area contributed by atoms with E-state index in [1.165, 1.54) is 6.38 Å². The van der Waals surface area contributed by atoms with Crippen LogP contribution in [0.4, 0.5) is 0 Å². The summed E-state index contributed by atoms with van der Waals surface area (Å²) in [5.74, 6) is -0.556. The summed E-state index contributed by atoms with van der Waals surface area (Å²) in [7, 11) is 0. The highest BCUT2D eigenvalue weighted by atomic mass is 35.5. The van der Waals surface area contributed by atoms with Crippen LogP contribution in [0.15, 0.2) is 0 Å². The number of carboxylic acid groups (broad SMARTS) is 1. The van der Waals surface area contributed by atoms with E-state index in [1.54, 1.807) is 0 Å². The van der Waals surface area contributed by atoms with Gasteiger partial charge in [-0.25, -0.2) is 0 Å². The van der Waals surface area contributed by atoms with Gasteiger partial charge in [0.05, 0.1) is 0 Å². The van der Waals surface area contributed by atoms with Gasteiger partial charge in [0.25, 0.3) is 0 Å². The van der Waals surface area contributed by atoms with Gasteiger partial charge in [0.2, 0.25) is 0 Å². The van der Waals surface area contributed by atoms with E-state index in [9.17, 15) is 4.79 Å². The van der Waals surface area contributed by atoms with Crippen molar-refractivity contribution in [1.82, 2.24) is 0 Å². The molecule has 3 N–H and O–H groups in total. The van der Waals surface area contributed by atoms with Crippen molar-refractivity contribution in [3.63, 3.8) is 0 Å². The number of carboxylic acids is 1. The Balaban J connectivity index is 0. The van der Waals surface area contributed by atoms with Crippen LogP contribution in [0.1, 0.15) is 20.3 Å². The first-order valence-electron chi connectivity index (χ1n) is 3.40. The van der Waals surface area contributed by atoms with Crippen molar-refractivity contribution in [2.24, 2.45) is 11.7 Å².